The number of benzene rings is 5. The number of hydrogen-bond donors (Lipinski definition) is 0. The van der Waals surface area contributed by atoms with Crippen LogP contribution in [0.1, 0.15) is 55.2 Å². The van der Waals surface area contributed by atoms with Crippen LogP contribution in [0.3, 0.4) is 0 Å². The molecule has 1 aromatic heterocycles. The number of fused-ring (bicyclic) bond motifs is 2. The standard InChI is InChI=1S/C54H44N2/c1-3-13-37(14-4-1)44-33-45(38-15-5-2-6-16-38)35-46(34-44)43-29-30-49-50(36-43)54(42-27-23-40(24-28-42)52-20-10-12-32-56-52)48-18-8-7-17-47(48)53(49)41-25-21-39(22-26-41)51-19-9-11-31-55-51/h1-9,11-15,17-19,21-23,25-27,29-32,34-36,38,45H,10,16,20,24,28,33H2/t38?,45-/m1/s1. The highest BCUT2D eigenvalue weighted by molar-refractivity contribution is 6.19. The summed E-state index contributed by atoms with van der Waals surface area (Å²) >= 11 is 0. The molecule has 1 aliphatic heterocycles. The molecule has 2 heteroatoms. The van der Waals surface area contributed by atoms with Crippen LogP contribution in [-0.4, -0.2) is 10.7 Å². The lowest BCUT2D eigenvalue weighted by atomic mass is 9.76. The summed E-state index contributed by atoms with van der Waals surface area (Å²) in [6.45, 7) is 0. The molecule has 56 heavy (non-hydrogen) atoms. The van der Waals surface area contributed by atoms with Gasteiger partial charge in [0.15, 0.2) is 0 Å². The molecule has 0 bridgehead atoms. The number of rotatable bonds is 7. The Labute approximate surface area is 330 Å². The maximum atomic E-state index is 4.77. The second-order valence-electron chi connectivity index (χ2n) is 15.5. The zero-order valence-electron chi connectivity index (χ0n) is 31.6. The van der Waals surface area contributed by atoms with E-state index in [0.29, 0.717) is 11.8 Å². The van der Waals surface area contributed by atoms with Crippen LogP contribution in [0.4, 0.5) is 0 Å². The molecule has 0 radical (unpaired) electrons. The van der Waals surface area contributed by atoms with Gasteiger partial charge in [-0.15, -0.1) is 0 Å². The minimum atomic E-state index is 0.425. The number of aromatic nitrogens is 1. The first-order valence-electron chi connectivity index (χ1n) is 20.2. The van der Waals surface area contributed by atoms with Crippen molar-refractivity contribution in [3.8, 4) is 22.4 Å². The number of pyridine rings is 1. The van der Waals surface area contributed by atoms with Gasteiger partial charge in [-0.05, 0) is 140 Å². The Balaban J connectivity index is 1.18. The summed E-state index contributed by atoms with van der Waals surface area (Å²) in [7, 11) is 0. The molecule has 0 saturated carbocycles. The highest BCUT2D eigenvalue weighted by Gasteiger charge is 2.25. The Bertz CT molecular complexity index is 2720. The fourth-order valence-electron chi connectivity index (χ4n) is 9.25. The van der Waals surface area contributed by atoms with Crippen LogP contribution in [0, 0.1) is 11.8 Å². The van der Waals surface area contributed by atoms with Crippen LogP contribution < -0.4 is 0 Å². The summed E-state index contributed by atoms with van der Waals surface area (Å²) in [4.78, 5) is 9.39. The normalized spacial score (nSPS) is 19.3. The first kappa shape index (κ1) is 34.1. The van der Waals surface area contributed by atoms with Crippen LogP contribution in [-0.2, 0) is 0 Å². The van der Waals surface area contributed by atoms with Crippen molar-refractivity contribution < 1.29 is 0 Å². The minimum absolute atomic E-state index is 0.425. The zero-order valence-corrected chi connectivity index (χ0v) is 31.6. The molecule has 1 unspecified atom stereocenters. The van der Waals surface area contributed by atoms with Gasteiger partial charge in [0.1, 0.15) is 0 Å². The molecule has 2 nitrogen and oxygen atoms in total. The lowest BCUT2D eigenvalue weighted by Crippen LogP contribution is -2.15. The fraction of sp³-hybridized carbons (Fsp3) is 0.148. The van der Waals surface area contributed by atoms with Crippen LogP contribution in [0.2, 0.25) is 0 Å². The largest absolute Gasteiger partial charge is 0.261 e. The molecule has 2 atom stereocenters. The van der Waals surface area contributed by atoms with Crippen LogP contribution in [0.15, 0.2) is 193 Å². The molecule has 0 spiro atoms. The first-order valence-corrected chi connectivity index (χ1v) is 20.2. The van der Waals surface area contributed by atoms with Gasteiger partial charge in [0.2, 0.25) is 0 Å². The molecular formula is C54H44N2. The smallest absolute Gasteiger partial charge is 0.0701 e. The Morgan fingerprint density at radius 1 is 0.536 bits per heavy atom. The molecule has 6 aromatic rings. The number of hydrogen-bond acceptors (Lipinski definition) is 2. The van der Waals surface area contributed by atoms with E-state index in [-0.39, 0.29) is 0 Å². The van der Waals surface area contributed by atoms with Crippen molar-refractivity contribution in [2.45, 2.75) is 38.5 Å². The third-order valence-electron chi connectivity index (χ3n) is 12.1. The molecule has 4 aliphatic rings. The molecule has 0 fully saturated rings. The van der Waals surface area contributed by atoms with E-state index in [0.717, 1.165) is 49.8 Å². The topological polar surface area (TPSA) is 25.2 Å². The van der Waals surface area contributed by atoms with Crippen molar-refractivity contribution in [1.82, 2.24) is 4.98 Å². The van der Waals surface area contributed by atoms with Gasteiger partial charge in [0.25, 0.3) is 0 Å². The summed E-state index contributed by atoms with van der Waals surface area (Å²) < 4.78 is 0. The predicted octanol–water partition coefficient (Wildman–Crippen LogP) is 14.2. The van der Waals surface area contributed by atoms with Crippen molar-refractivity contribution in [1.29, 1.82) is 0 Å². The van der Waals surface area contributed by atoms with Gasteiger partial charge in [0.05, 0.1) is 5.69 Å². The molecular weight excluding hydrogens is 677 g/mol. The lowest BCUT2D eigenvalue weighted by Gasteiger charge is -2.28. The number of allylic oxidation sites excluding steroid dienone is 13. The van der Waals surface area contributed by atoms with E-state index in [1.54, 1.807) is 0 Å². The molecule has 0 N–H and O–H groups in total. The quantitative estimate of drug-likeness (QED) is 0.151. The monoisotopic (exact) mass is 720 g/mol. The lowest BCUT2D eigenvalue weighted by molar-refractivity contribution is 0.484. The van der Waals surface area contributed by atoms with E-state index in [1.807, 2.05) is 18.5 Å². The molecule has 3 aliphatic carbocycles. The van der Waals surface area contributed by atoms with E-state index in [9.17, 15) is 0 Å². The Hall–Kier alpha value is -6.38. The van der Waals surface area contributed by atoms with Crippen molar-refractivity contribution >= 4 is 44.0 Å². The average Bonchev–Trinajstić information content (AvgIpc) is 3.29. The second kappa shape index (κ2) is 15.0. The summed E-state index contributed by atoms with van der Waals surface area (Å²) in [6, 6.07) is 42.4. The zero-order chi connectivity index (χ0) is 37.3. The molecule has 10 rings (SSSR count). The molecule has 0 saturated heterocycles. The Morgan fingerprint density at radius 3 is 2.04 bits per heavy atom. The maximum Gasteiger partial charge on any atom is 0.0701 e. The summed E-state index contributed by atoms with van der Waals surface area (Å²) in [5, 5.41) is 5.18. The van der Waals surface area contributed by atoms with Gasteiger partial charge in [-0.3, -0.25) is 9.98 Å². The summed E-state index contributed by atoms with van der Waals surface area (Å²) in [5.41, 5.74) is 15.3. The van der Waals surface area contributed by atoms with Crippen molar-refractivity contribution in [3.05, 3.63) is 205 Å². The van der Waals surface area contributed by atoms with Crippen molar-refractivity contribution in [2.24, 2.45) is 16.8 Å². The molecule has 0 amide bonds. The van der Waals surface area contributed by atoms with E-state index >= 15 is 0 Å². The number of aliphatic imine (C=N–C) groups is 1. The highest BCUT2D eigenvalue weighted by Crippen LogP contribution is 2.46. The number of nitrogens with zero attached hydrogens (tertiary/aromatic N) is 2. The third kappa shape index (κ3) is 6.56. The Morgan fingerprint density at radius 2 is 1.29 bits per heavy atom. The summed E-state index contributed by atoms with van der Waals surface area (Å²) in [5.74, 6) is 0.911. The van der Waals surface area contributed by atoms with Gasteiger partial charge >= 0.3 is 0 Å². The van der Waals surface area contributed by atoms with Crippen LogP contribution >= 0.6 is 0 Å². The maximum absolute atomic E-state index is 4.77. The van der Waals surface area contributed by atoms with Crippen LogP contribution in [0.5, 0.6) is 0 Å². The minimum Gasteiger partial charge on any atom is -0.261 e. The van der Waals surface area contributed by atoms with Crippen LogP contribution in [0.25, 0.3) is 60.6 Å². The summed E-state index contributed by atoms with van der Waals surface area (Å²) in [6.07, 6.45) is 31.1. The molecule has 270 valence electrons. The van der Waals surface area contributed by atoms with Gasteiger partial charge in [0, 0.05) is 23.7 Å². The van der Waals surface area contributed by atoms with E-state index in [2.05, 4.69) is 169 Å². The highest BCUT2D eigenvalue weighted by atomic mass is 14.7. The van der Waals surface area contributed by atoms with Gasteiger partial charge < -0.3 is 0 Å². The van der Waals surface area contributed by atoms with E-state index in [1.165, 1.54) is 77.4 Å². The molecule has 5 aromatic carbocycles. The predicted molar refractivity (Wildman–Crippen MR) is 238 cm³/mol. The average molecular weight is 721 g/mol. The second-order valence-corrected chi connectivity index (χ2v) is 15.5. The van der Waals surface area contributed by atoms with Crippen molar-refractivity contribution in [2.75, 3.05) is 0 Å². The van der Waals surface area contributed by atoms with Gasteiger partial charge in [-0.2, -0.15) is 0 Å². The van der Waals surface area contributed by atoms with Crippen molar-refractivity contribution in [3.63, 3.8) is 0 Å². The first-order chi connectivity index (χ1) is 27.8. The fourth-order valence-corrected chi connectivity index (χ4v) is 9.25. The molecule has 2 heterocycles. The SMILES string of the molecule is C1=CCC([C@H]2C=C(c3ccc4c(-c5ccc(-c6ccccn6)cc5)c5ccccc5c(C5=CC=C(C6=NC=CCC6)CC5)c4c3)C=C(c3ccccc3)C2)C=C1. The van der Waals surface area contributed by atoms with Gasteiger partial charge in [-0.1, -0.05) is 152 Å². The van der Waals surface area contributed by atoms with E-state index < -0.39 is 0 Å². The van der Waals surface area contributed by atoms with Gasteiger partial charge in [-0.25, -0.2) is 0 Å². The third-order valence-corrected chi connectivity index (χ3v) is 12.1. The van der Waals surface area contributed by atoms with E-state index in [4.69, 9.17) is 4.99 Å². The Kier molecular flexibility index (Phi) is 9.17.